The van der Waals surface area contributed by atoms with Crippen LogP contribution >= 0.6 is 0 Å². The van der Waals surface area contributed by atoms with Gasteiger partial charge in [-0.3, -0.25) is 0 Å². The molecule has 0 aromatic carbocycles. The first-order valence-electron chi connectivity index (χ1n) is 7.80. The summed E-state index contributed by atoms with van der Waals surface area (Å²) in [5, 5.41) is 0. The molecule has 0 aromatic rings. The van der Waals surface area contributed by atoms with E-state index in [2.05, 4.69) is 25.9 Å². The summed E-state index contributed by atoms with van der Waals surface area (Å²) in [5.41, 5.74) is 7.31. The van der Waals surface area contributed by atoms with Crippen molar-refractivity contribution in [2.75, 3.05) is 14.1 Å². The van der Waals surface area contributed by atoms with E-state index in [0.717, 1.165) is 5.92 Å². The van der Waals surface area contributed by atoms with E-state index >= 15 is 0 Å². The van der Waals surface area contributed by atoms with Gasteiger partial charge >= 0.3 is 0 Å². The lowest BCUT2D eigenvalue weighted by molar-refractivity contribution is 0.262. The molecular formula is C17H27N. The van der Waals surface area contributed by atoms with E-state index < -0.39 is 0 Å². The minimum atomic E-state index is 0.679. The second-order valence-electron chi connectivity index (χ2n) is 6.60. The lowest BCUT2D eigenvalue weighted by atomic mass is 9.81. The van der Waals surface area contributed by atoms with Crippen molar-refractivity contribution in [3.05, 3.63) is 22.3 Å². The molecule has 0 fully saturated rings. The van der Waals surface area contributed by atoms with Crippen molar-refractivity contribution >= 4 is 0 Å². The van der Waals surface area contributed by atoms with Crippen molar-refractivity contribution in [2.24, 2.45) is 5.92 Å². The van der Waals surface area contributed by atoms with Crippen LogP contribution in [-0.4, -0.2) is 25.0 Å². The van der Waals surface area contributed by atoms with E-state index in [9.17, 15) is 0 Å². The van der Waals surface area contributed by atoms with Crippen molar-refractivity contribution in [1.82, 2.24) is 4.90 Å². The molecule has 18 heavy (non-hydrogen) atoms. The third kappa shape index (κ3) is 1.87. The van der Waals surface area contributed by atoms with Crippen LogP contribution in [0.2, 0.25) is 0 Å². The van der Waals surface area contributed by atoms with Gasteiger partial charge in [-0.05, 0) is 83.5 Å². The molecule has 1 unspecified atom stereocenters. The van der Waals surface area contributed by atoms with E-state index in [-0.39, 0.29) is 0 Å². The van der Waals surface area contributed by atoms with Gasteiger partial charge in [0.1, 0.15) is 0 Å². The summed E-state index contributed by atoms with van der Waals surface area (Å²) in [4.78, 5) is 2.43. The normalized spacial score (nSPS) is 26.7. The highest BCUT2D eigenvalue weighted by atomic mass is 15.1. The maximum atomic E-state index is 2.43. The molecule has 1 nitrogen and oxygen atoms in total. The molecule has 3 aliphatic carbocycles. The predicted octanol–water partition coefficient (Wildman–Crippen LogP) is 4.31. The largest absolute Gasteiger partial charge is 0.306 e. The summed E-state index contributed by atoms with van der Waals surface area (Å²) in [5.74, 6) is 0.769. The van der Waals surface area contributed by atoms with Crippen LogP contribution in [0, 0.1) is 5.92 Å². The summed E-state index contributed by atoms with van der Waals surface area (Å²) in [7, 11) is 4.49. The van der Waals surface area contributed by atoms with Gasteiger partial charge in [0, 0.05) is 12.0 Å². The van der Waals surface area contributed by atoms with Gasteiger partial charge in [0.15, 0.2) is 0 Å². The molecule has 1 atom stereocenters. The molecule has 0 amide bonds. The summed E-state index contributed by atoms with van der Waals surface area (Å²) in [6.07, 6.45) is 11.2. The fourth-order valence-electron chi connectivity index (χ4n) is 4.32. The zero-order chi connectivity index (χ0) is 12.7. The highest BCUT2D eigenvalue weighted by Crippen LogP contribution is 2.51. The Balaban J connectivity index is 2.00. The molecule has 0 radical (unpaired) electrons. The zero-order valence-corrected chi connectivity index (χ0v) is 12.3. The molecule has 0 bridgehead atoms. The van der Waals surface area contributed by atoms with Crippen LogP contribution in [0.5, 0.6) is 0 Å². The lowest BCUT2D eigenvalue weighted by Crippen LogP contribution is -2.34. The Morgan fingerprint density at radius 1 is 0.833 bits per heavy atom. The maximum Gasteiger partial charge on any atom is 0.0172 e. The Labute approximate surface area is 112 Å². The van der Waals surface area contributed by atoms with Crippen LogP contribution in [0.3, 0.4) is 0 Å². The van der Waals surface area contributed by atoms with E-state index in [1.54, 1.807) is 0 Å². The lowest BCUT2D eigenvalue weighted by Gasteiger charge is -2.32. The third-order valence-electron chi connectivity index (χ3n) is 5.43. The number of hydrogen-bond donors (Lipinski definition) is 0. The smallest absolute Gasteiger partial charge is 0.0172 e. The van der Waals surface area contributed by atoms with Gasteiger partial charge in [-0.15, -0.1) is 0 Å². The molecule has 0 saturated carbocycles. The van der Waals surface area contributed by atoms with Gasteiger partial charge in [-0.1, -0.05) is 11.1 Å². The van der Waals surface area contributed by atoms with Gasteiger partial charge in [0.2, 0.25) is 0 Å². The Bertz CT molecular complexity index is 368. The molecule has 0 aliphatic heterocycles. The molecule has 0 heterocycles. The second-order valence-corrected chi connectivity index (χ2v) is 6.60. The molecule has 1 heteroatoms. The first kappa shape index (κ1) is 12.5. The quantitative estimate of drug-likeness (QED) is 0.701. The van der Waals surface area contributed by atoms with Crippen molar-refractivity contribution in [3.63, 3.8) is 0 Å². The summed E-state index contributed by atoms with van der Waals surface area (Å²) < 4.78 is 0. The molecule has 0 aromatic heterocycles. The summed E-state index contributed by atoms with van der Waals surface area (Å²) in [6.45, 7) is 2.43. The highest BCUT2D eigenvalue weighted by molar-refractivity contribution is 5.52. The van der Waals surface area contributed by atoms with Crippen molar-refractivity contribution in [3.8, 4) is 0 Å². The number of fused-ring (bicyclic) bond motifs is 1. The van der Waals surface area contributed by atoms with E-state index in [1.165, 1.54) is 51.4 Å². The Kier molecular flexibility index (Phi) is 3.36. The average Bonchev–Trinajstić information content (AvgIpc) is 2.72. The number of allylic oxidation sites excluding steroid dienone is 2. The van der Waals surface area contributed by atoms with Crippen molar-refractivity contribution in [1.29, 1.82) is 0 Å². The van der Waals surface area contributed by atoms with Gasteiger partial charge in [-0.2, -0.15) is 0 Å². The van der Waals surface area contributed by atoms with Crippen LogP contribution < -0.4 is 0 Å². The van der Waals surface area contributed by atoms with Crippen LogP contribution in [0.15, 0.2) is 22.3 Å². The number of rotatable bonds is 2. The predicted molar refractivity (Wildman–Crippen MR) is 77.6 cm³/mol. The molecule has 3 aliphatic rings. The van der Waals surface area contributed by atoms with E-state index in [0.29, 0.717) is 6.04 Å². The minimum absolute atomic E-state index is 0.679. The SMILES string of the molecule is CC(C1C2=C(CCCC2)C2=C1CCCC2)N(C)C. The van der Waals surface area contributed by atoms with E-state index in [4.69, 9.17) is 0 Å². The Morgan fingerprint density at radius 2 is 1.28 bits per heavy atom. The van der Waals surface area contributed by atoms with Crippen molar-refractivity contribution < 1.29 is 0 Å². The second kappa shape index (κ2) is 4.85. The van der Waals surface area contributed by atoms with Gasteiger partial charge in [0.05, 0.1) is 0 Å². The molecule has 0 spiro atoms. The van der Waals surface area contributed by atoms with Crippen LogP contribution in [0.25, 0.3) is 0 Å². The van der Waals surface area contributed by atoms with Crippen LogP contribution in [0.4, 0.5) is 0 Å². The fourth-order valence-corrected chi connectivity index (χ4v) is 4.32. The van der Waals surface area contributed by atoms with E-state index in [1.807, 2.05) is 22.3 Å². The van der Waals surface area contributed by atoms with Gasteiger partial charge < -0.3 is 4.90 Å². The van der Waals surface area contributed by atoms with Crippen molar-refractivity contribution in [2.45, 2.75) is 64.3 Å². The average molecular weight is 245 g/mol. The van der Waals surface area contributed by atoms with Crippen LogP contribution in [0.1, 0.15) is 58.3 Å². The minimum Gasteiger partial charge on any atom is -0.306 e. The summed E-state index contributed by atoms with van der Waals surface area (Å²) in [6, 6.07) is 0.679. The topological polar surface area (TPSA) is 3.24 Å². The first-order chi connectivity index (χ1) is 8.70. The molecule has 100 valence electrons. The van der Waals surface area contributed by atoms with Crippen LogP contribution in [-0.2, 0) is 0 Å². The highest BCUT2D eigenvalue weighted by Gasteiger charge is 2.38. The third-order valence-corrected chi connectivity index (χ3v) is 5.43. The maximum absolute atomic E-state index is 2.43. The molecular weight excluding hydrogens is 218 g/mol. The Morgan fingerprint density at radius 3 is 1.72 bits per heavy atom. The molecule has 0 saturated heterocycles. The number of nitrogens with zero attached hydrogens (tertiary/aromatic N) is 1. The first-order valence-corrected chi connectivity index (χ1v) is 7.80. The standard InChI is InChI=1S/C17H27N/c1-12(18(2)3)17-15-10-6-4-8-13(15)14-9-5-7-11-16(14)17/h12,17H,4-11H2,1-3H3. The monoisotopic (exact) mass is 245 g/mol. The van der Waals surface area contributed by atoms with Gasteiger partial charge in [-0.25, -0.2) is 0 Å². The summed E-state index contributed by atoms with van der Waals surface area (Å²) >= 11 is 0. The zero-order valence-electron chi connectivity index (χ0n) is 12.3. The fraction of sp³-hybridized carbons (Fsp3) is 0.765. The Hall–Kier alpha value is -0.560. The van der Waals surface area contributed by atoms with Gasteiger partial charge in [0.25, 0.3) is 0 Å². The molecule has 3 rings (SSSR count). The molecule has 0 N–H and O–H groups in total. The number of hydrogen-bond acceptors (Lipinski definition) is 1.